The Kier molecular flexibility index (Phi) is 12.5. The van der Waals surface area contributed by atoms with Crippen molar-refractivity contribution in [3.05, 3.63) is 68.2 Å². The molecule has 2 amide bonds. The summed E-state index contributed by atoms with van der Waals surface area (Å²) < 4.78 is 0. The van der Waals surface area contributed by atoms with Gasteiger partial charge in [0.25, 0.3) is 0 Å². The molecule has 2 aromatic rings. The Bertz CT molecular complexity index is 1170. The zero-order valence-electron chi connectivity index (χ0n) is 23.2. The number of hydrogen-bond acceptors (Lipinski definition) is 6. The van der Waals surface area contributed by atoms with Gasteiger partial charge in [0.15, 0.2) is 0 Å². The van der Waals surface area contributed by atoms with Crippen LogP contribution in [0.3, 0.4) is 0 Å². The van der Waals surface area contributed by atoms with Crippen LogP contribution in [0.4, 0.5) is 0 Å². The lowest BCUT2D eigenvalue weighted by atomic mass is 9.96. The molecule has 40 heavy (non-hydrogen) atoms. The minimum Gasteiger partial charge on any atom is -0.335 e. The Hall–Kier alpha value is -1.91. The van der Waals surface area contributed by atoms with Gasteiger partial charge in [-0.2, -0.15) is 0 Å². The molecule has 11 heteroatoms. The Balaban J connectivity index is 1.73. The van der Waals surface area contributed by atoms with Gasteiger partial charge in [0.1, 0.15) is 0 Å². The minimum absolute atomic E-state index is 0.120. The third kappa shape index (κ3) is 8.79. The van der Waals surface area contributed by atoms with Crippen molar-refractivity contribution in [1.82, 2.24) is 15.1 Å². The third-order valence-corrected chi connectivity index (χ3v) is 8.28. The molecule has 2 aromatic carbocycles. The number of hydrogen-bond donors (Lipinski definition) is 4. The third-order valence-electron chi connectivity index (χ3n) is 7.45. The molecule has 0 bridgehead atoms. The molecule has 220 valence electrons. The quantitative estimate of drug-likeness (QED) is 0.273. The van der Waals surface area contributed by atoms with Crippen molar-refractivity contribution in [3.8, 4) is 0 Å². The molecule has 0 aliphatic carbocycles. The van der Waals surface area contributed by atoms with Gasteiger partial charge in [-0.3, -0.25) is 9.59 Å². The van der Waals surface area contributed by atoms with Crippen LogP contribution in [0.25, 0.3) is 0 Å². The number of nitrogens with one attached hydrogen (secondary N) is 1. The molecule has 8 nitrogen and oxygen atoms in total. The highest BCUT2D eigenvalue weighted by molar-refractivity contribution is 6.35. The maximum atomic E-state index is 13.7. The maximum Gasteiger partial charge on any atom is 0.240 e. The zero-order chi connectivity index (χ0) is 29.4. The van der Waals surface area contributed by atoms with Crippen molar-refractivity contribution in [2.24, 2.45) is 17.2 Å². The highest BCUT2D eigenvalue weighted by Crippen LogP contribution is 2.25. The van der Waals surface area contributed by atoms with Crippen molar-refractivity contribution in [1.29, 1.82) is 0 Å². The van der Waals surface area contributed by atoms with E-state index in [-0.39, 0.29) is 23.9 Å². The maximum absolute atomic E-state index is 13.7. The number of amides is 2. The predicted octanol–water partition coefficient (Wildman–Crippen LogP) is 3.15. The molecule has 0 saturated carbocycles. The fraction of sp³-hybridized carbons (Fsp3) is 0.517. The van der Waals surface area contributed by atoms with Gasteiger partial charge in [0.05, 0.1) is 12.1 Å². The van der Waals surface area contributed by atoms with Gasteiger partial charge in [0, 0.05) is 53.3 Å². The van der Waals surface area contributed by atoms with Gasteiger partial charge in [0.2, 0.25) is 11.8 Å². The number of piperazine rings is 1. The highest BCUT2D eigenvalue weighted by Gasteiger charge is 2.39. The standard InChI is InChI=1S/C29H41Cl3N6O2/c1-18-12-22(30)7-5-20(18)13-26(34)29(40)38-16-19(2)37(17-24(38)4-3-10-36-11-9-33)28(39)27(35)14-21-6-8-23(31)15-25(21)32/h5-8,12,15,19,24,26-27,36H,3-4,9-11,13-14,16-17,33-35H2,1-2H3/t19-,24+,26-,27-/m1/s1. The lowest BCUT2D eigenvalue weighted by Gasteiger charge is -2.47. The van der Waals surface area contributed by atoms with Crippen LogP contribution in [0.15, 0.2) is 36.4 Å². The van der Waals surface area contributed by atoms with Crippen LogP contribution >= 0.6 is 34.8 Å². The molecule has 1 heterocycles. The fourth-order valence-corrected chi connectivity index (χ4v) is 5.91. The van der Waals surface area contributed by atoms with Crippen LogP contribution in [0.5, 0.6) is 0 Å². The van der Waals surface area contributed by atoms with Gasteiger partial charge in [-0.1, -0.05) is 46.9 Å². The number of nitrogens with two attached hydrogens (primary N) is 3. The molecule has 0 aromatic heterocycles. The fourth-order valence-electron chi connectivity index (χ4n) is 5.20. The van der Waals surface area contributed by atoms with Gasteiger partial charge >= 0.3 is 0 Å². The number of benzene rings is 2. The average molecular weight is 612 g/mol. The second-order valence-electron chi connectivity index (χ2n) is 10.6. The summed E-state index contributed by atoms with van der Waals surface area (Å²) in [5, 5.41) is 4.95. The van der Waals surface area contributed by atoms with E-state index < -0.39 is 12.1 Å². The van der Waals surface area contributed by atoms with E-state index in [1.165, 1.54) is 0 Å². The molecular formula is C29H41Cl3N6O2. The Morgan fingerprint density at radius 3 is 2.15 bits per heavy atom. The monoisotopic (exact) mass is 610 g/mol. The molecule has 1 fully saturated rings. The van der Waals surface area contributed by atoms with Crippen LogP contribution < -0.4 is 22.5 Å². The first-order valence-corrected chi connectivity index (χ1v) is 14.9. The molecule has 4 atom stereocenters. The normalized spacial score (nSPS) is 19.0. The Morgan fingerprint density at radius 1 is 0.925 bits per heavy atom. The van der Waals surface area contributed by atoms with E-state index in [1.54, 1.807) is 23.1 Å². The molecule has 0 radical (unpaired) electrons. The molecule has 0 unspecified atom stereocenters. The largest absolute Gasteiger partial charge is 0.335 e. The lowest BCUT2D eigenvalue weighted by Crippen LogP contribution is -2.64. The van der Waals surface area contributed by atoms with E-state index in [1.807, 2.05) is 36.9 Å². The van der Waals surface area contributed by atoms with Crippen molar-refractivity contribution >= 4 is 46.6 Å². The summed E-state index contributed by atoms with van der Waals surface area (Å²) in [5.41, 5.74) is 21.2. The van der Waals surface area contributed by atoms with Gasteiger partial charge in [-0.25, -0.2) is 0 Å². The summed E-state index contributed by atoms with van der Waals surface area (Å²) in [6.45, 7) is 6.72. The first-order valence-electron chi connectivity index (χ1n) is 13.7. The number of aryl methyl sites for hydroxylation is 1. The minimum atomic E-state index is -0.773. The van der Waals surface area contributed by atoms with Crippen molar-refractivity contribution < 1.29 is 9.59 Å². The van der Waals surface area contributed by atoms with Gasteiger partial charge in [-0.15, -0.1) is 0 Å². The molecule has 0 spiro atoms. The number of carbonyl (C=O) groups excluding carboxylic acids is 2. The summed E-state index contributed by atoms with van der Waals surface area (Å²) in [5.74, 6) is -0.288. The molecule has 3 rings (SSSR count). The topological polar surface area (TPSA) is 131 Å². The first-order chi connectivity index (χ1) is 19.0. The number of nitrogens with zero attached hydrogens (tertiary/aromatic N) is 2. The SMILES string of the molecule is Cc1cc(Cl)ccc1C[C@@H](N)C(=O)N1C[C@@H](C)N(C(=O)[C@H](N)Cc2ccc(Cl)cc2Cl)C[C@@H]1CCCNCCN. The van der Waals surface area contributed by atoms with E-state index >= 15 is 0 Å². The summed E-state index contributed by atoms with van der Waals surface area (Å²) in [6.07, 6.45) is 2.24. The Labute approximate surface area is 252 Å². The van der Waals surface area contributed by atoms with E-state index in [4.69, 9.17) is 52.0 Å². The van der Waals surface area contributed by atoms with E-state index in [0.29, 0.717) is 54.0 Å². The lowest BCUT2D eigenvalue weighted by molar-refractivity contribution is -0.148. The number of carbonyl (C=O) groups is 2. The first kappa shape index (κ1) is 32.6. The predicted molar refractivity (Wildman–Crippen MR) is 164 cm³/mol. The van der Waals surface area contributed by atoms with Crippen LogP contribution in [0, 0.1) is 6.92 Å². The Morgan fingerprint density at radius 2 is 1.52 bits per heavy atom. The van der Waals surface area contributed by atoms with Crippen LogP contribution in [0.1, 0.15) is 36.5 Å². The summed E-state index contributed by atoms with van der Waals surface area (Å²) >= 11 is 18.4. The second kappa shape index (κ2) is 15.4. The van der Waals surface area contributed by atoms with E-state index in [0.717, 1.165) is 36.2 Å². The number of halogens is 3. The summed E-state index contributed by atoms with van der Waals surface area (Å²) in [7, 11) is 0. The second-order valence-corrected chi connectivity index (χ2v) is 11.9. The van der Waals surface area contributed by atoms with E-state index in [2.05, 4.69) is 5.32 Å². The van der Waals surface area contributed by atoms with E-state index in [9.17, 15) is 9.59 Å². The molecule has 7 N–H and O–H groups in total. The van der Waals surface area contributed by atoms with Crippen LogP contribution in [-0.4, -0.2) is 78.5 Å². The van der Waals surface area contributed by atoms with Crippen molar-refractivity contribution in [2.45, 2.75) is 63.7 Å². The molecule has 1 saturated heterocycles. The molecule has 1 aliphatic heterocycles. The molecular weight excluding hydrogens is 571 g/mol. The zero-order valence-corrected chi connectivity index (χ0v) is 25.5. The summed E-state index contributed by atoms with van der Waals surface area (Å²) in [6, 6.07) is 8.88. The average Bonchev–Trinajstić information content (AvgIpc) is 2.91. The van der Waals surface area contributed by atoms with Crippen LogP contribution in [0.2, 0.25) is 15.1 Å². The summed E-state index contributed by atoms with van der Waals surface area (Å²) in [4.78, 5) is 30.9. The van der Waals surface area contributed by atoms with Crippen molar-refractivity contribution in [3.63, 3.8) is 0 Å². The van der Waals surface area contributed by atoms with Crippen molar-refractivity contribution in [2.75, 3.05) is 32.7 Å². The van der Waals surface area contributed by atoms with Gasteiger partial charge in [-0.05, 0) is 87.0 Å². The van der Waals surface area contributed by atoms with Crippen LogP contribution in [-0.2, 0) is 22.4 Å². The molecule has 1 aliphatic rings. The van der Waals surface area contributed by atoms with Gasteiger partial charge < -0.3 is 32.3 Å². The number of rotatable bonds is 12. The smallest absolute Gasteiger partial charge is 0.240 e. The highest BCUT2D eigenvalue weighted by atomic mass is 35.5.